The quantitative estimate of drug-likeness (QED) is 0.755. The fraction of sp³-hybridized carbons (Fsp3) is 0.562. The highest BCUT2D eigenvalue weighted by molar-refractivity contribution is 14.0. The molecule has 1 aromatic carbocycles. The molecular formula is C16H22ClIN2O. The predicted octanol–water partition coefficient (Wildman–Crippen LogP) is 3.76. The lowest BCUT2D eigenvalue weighted by atomic mass is 9.92. The van der Waals surface area contributed by atoms with E-state index in [2.05, 4.69) is 10.2 Å². The topological polar surface area (TPSA) is 32.3 Å². The molecule has 0 saturated carbocycles. The molecule has 0 aliphatic carbocycles. The van der Waals surface area contributed by atoms with Gasteiger partial charge in [0.15, 0.2) is 0 Å². The van der Waals surface area contributed by atoms with Crippen LogP contribution in [0, 0.1) is 0 Å². The zero-order valence-electron chi connectivity index (χ0n) is 12.3. The Kier molecular flexibility index (Phi) is 5.54. The van der Waals surface area contributed by atoms with Gasteiger partial charge in [-0.25, -0.2) is 0 Å². The van der Waals surface area contributed by atoms with Crippen molar-refractivity contribution in [2.24, 2.45) is 0 Å². The molecule has 1 amide bonds. The van der Waals surface area contributed by atoms with E-state index >= 15 is 0 Å². The number of benzene rings is 1. The number of nitrogens with one attached hydrogen (secondary N) is 1. The third-order valence-electron chi connectivity index (χ3n) is 4.76. The average Bonchev–Trinajstić information content (AvgIpc) is 2.98. The highest BCUT2D eigenvalue weighted by atomic mass is 127. The summed E-state index contributed by atoms with van der Waals surface area (Å²) in [5.41, 5.74) is 0.831. The summed E-state index contributed by atoms with van der Waals surface area (Å²) in [4.78, 5) is 15.1. The molecule has 3 rings (SSSR count). The molecule has 2 saturated heterocycles. The Bertz CT molecular complexity index is 513. The van der Waals surface area contributed by atoms with Crippen LogP contribution >= 0.6 is 35.6 Å². The van der Waals surface area contributed by atoms with Crippen LogP contribution in [0.4, 0.5) is 0 Å². The first kappa shape index (κ1) is 17.0. The number of fused-ring (bicyclic) bond motifs is 1. The highest BCUT2D eigenvalue weighted by Gasteiger charge is 2.50. The zero-order valence-corrected chi connectivity index (χ0v) is 15.4. The van der Waals surface area contributed by atoms with Crippen LogP contribution in [0.1, 0.15) is 44.2 Å². The Morgan fingerprint density at radius 1 is 1.33 bits per heavy atom. The summed E-state index contributed by atoms with van der Waals surface area (Å²) in [6.45, 7) is 4.16. The monoisotopic (exact) mass is 420 g/mol. The smallest absolute Gasteiger partial charge is 0.240 e. The van der Waals surface area contributed by atoms with E-state index in [1.807, 2.05) is 31.2 Å². The number of halogens is 2. The van der Waals surface area contributed by atoms with Crippen molar-refractivity contribution in [1.29, 1.82) is 0 Å². The van der Waals surface area contributed by atoms with Crippen molar-refractivity contribution in [3.05, 3.63) is 34.9 Å². The highest BCUT2D eigenvalue weighted by Crippen LogP contribution is 2.39. The lowest BCUT2D eigenvalue weighted by molar-refractivity contribution is -0.131. The molecule has 21 heavy (non-hydrogen) atoms. The second-order valence-corrected chi connectivity index (χ2v) is 6.41. The van der Waals surface area contributed by atoms with E-state index in [0.717, 1.165) is 44.3 Å². The first-order chi connectivity index (χ1) is 9.62. The second kappa shape index (κ2) is 6.84. The minimum atomic E-state index is -0.229. The Balaban J connectivity index is 0.00000161. The SMILES string of the molecule is C[C@@H](NC(=O)C12CCCN1CCC2)c1cccc(Cl)c1.I. The fourth-order valence-corrected chi connectivity index (χ4v) is 3.87. The third kappa shape index (κ3) is 3.22. The van der Waals surface area contributed by atoms with Gasteiger partial charge in [0.2, 0.25) is 5.91 Å². The van der Waals surface area contributed by atoms with Crippen LogP contribution in [0.25, 0.3) is 0 Å². The maximum absolute atomic E-state index is 12.7. The molecule has 2 aliphatic heterocycles. The molecule has 2 aliphatic rings. The molecule has 2 fully saturated rings. The molecule has 1 aromatic rings. The van der Waals surface area contributed by atoms with Gasteiger partial charge < -0.3 is 5.32 Å². The Morgan fingerprint density at radius 2 is 2.00 bits per heavy atom. The van der Waals surface area contributed by atoms with Gasteiger partial charge in [-0.3, -0.25) is 9.69 Å². The second-order valence-electron chi connectivity index (χ2n) is 5.98. The van der Waals surface area contributed by atoms with E-state index in [4.69, 9.17) is 11.6 Å². The van der Waals surface area contributed by atoms with Crippen LogP contribution in [0.5, 0.6) is 0 Å². The van der Waals surface area contributed by atoms with Crippen LogP contribution in [0.2, 0.25) is 5.02 Å². The number of carbonyl (C=O) groups excluding carboxylic acids is 1. The number of hydrogen-bond acceptors (Lipinski definition) is 2. The summed E-state index contributed by atoms with van der Waals surface area (Å²) in [5, 5.41) is 3.90. The van der Waals surface area contributed by atoms with Crippen molar-refractivity contribution in [2.45, 2.75) is 44.2 Å². The molecule has 5 heteroatoms. The normalized spacial score (nSPS) is 21.4. The molecule has 0 aromatic heterocycles. The lowest BCUT2D eigenvalue weighted by Crippen LogP contribution is -2.52. The Morgan fingerprint density at radius 3 is 2.62 bits per heavy atom. The Labute approximate surface area is 148 Å². The maximum Gasteiger partial charge on any atom is 0.240 e. The predicted molar refractivity (Wildman–Crippen MR) is 96.2 cm³/mol. The summed E-state index contributed by atoms with van der Waals surface area (Å²) < 4.78 is 0. The van der Waals surface area contributed by atoms with E-state index in [-0.39, 0.29) is 41.5 Å². The largest absolute Gasteiger partial charge is 0.348 e. The first-order valence-corrected chi connectivity index (χ1v) is 7.81. The van der Waals surface area contributed by atoms with Gasteiger partial charge in [-0.05, 0) is 63.4 Å². The molecule has 2 heterocycles. The first-order valence-electron chi connectivity index (χ1n) is 7.43. The van der Waals surface area contributed by atoms with Crippen LogP contribution in [0.15, 0.2) is 24.3 Å². The minimum Gasteiger partial charge on any atom is -0.348 e. The Hall–Kier alpha value is -0.330. The fourth-order valence-electron chi connectivity index (χ4n) is 3.67. The van der Waals surface area contributed by atoms with Gasteiger partial charge in [0.1, 0.15) is 5.54 Å². The summed E-state index contributed by atoms with van der Waals surface area (Å²) >= 11 is 6.02. The number of hydrogen-bond donors (Lipinski definition) is 1. The van der Waals surface area contributed by atoms with Gasteiger partial charge in [-0.2, -0.15) is 0 Å². The number of rotatable bonds is 3. The van der Waals surface area contributed by atoms with Crippen molar-refractivity contribution >= 4 is 41.5 Å². The molecular weight excluding hydrogens is 399 g/mol. The molecule has 0 radical (unpaired) electrons. The van der Waals surface area contributed by atoms with Gasteiger partial charge in [-0.15, -0.1) is 24.0 Å². The van der Waals surface area contributed by atoms with Crippen LogP contribution in [-0.2, 0) is 4.79 Å². The molecule has 0 unspecified atom stereocenters. The van der Waals surface area contributed by atoms with E-state index in [9.17, 15) is 4.79 Å². The lowest BCUT2D eigenvalue weighted by Gasteiger charge is -2.32. The van der Waals surface area contributed by atoms with Crippen LogP contribution in [0.3, 0.4) is 0 Å². The number of amides is 1. The molecule has 3 nitrogen and oxygen atoms in total. The zero-order chi connectivity index (χ0) is 14.2. The minimum absolute atomic E-state index is 0. The van der Waals surface area contributed by atoms with Gasteiger partial charge in [0.05, 0.1) is 6.04 Å². The van der Waals surface area contributed by atoms with Crippen molar-refractivity contribution in [3.63, 3.8) is 0 Å². The molecule has 1 N–H and O–H groups in total. The summed E-state index contributed by atoms with van der Waals surface area (Å²) in [7, 11) is 0. The maximum atomic E-state index is 12.7. The van der Waals surface area contributed by atoms with Crippen LogP contribution in [-0.4, -0.2) is 29.4 Å². The van der Waals surface area contributed by atoms with Gasteiger partial charge in [0.25, 0.3) is 0 Å². The van der Waals surface area contributed by atoms with Crippen molar-refractivity contribution in [3.8, 4) is 0 Å². The van der Waals surface area contributed by atoms with Crippen LogP contribution < -0.4 is 5.32 Å². The molecule has 0 spiro atoms. The van der Waals surface area contributed by atoms with Gasteiger partial charge in [-0.1, -0.05) is 23.7 Å². The van der Waals surface area contributed by atoms with Gasteiger partial charge >= 0.3 is 0 Å². The summed E-state index contributed by atoms with van der Waals surface area (Å²) in [6, 6.07) is 7.71. The average molecular weight is 421 g/mol. The summed E-state index contributed by atoms with van der Waals surface area (Å²) in [5.74, 6) is 0.194. The van der Waals surface area contributed by atoms with Gasteiger partial charge in [0, 0.05) is 5.02 Å². The molecule has 0 bridgehead atoms. The standard InChI is InChI=1S/C16H21ClN2O.HI/c1-12(13-5-2-6-14(17)11-13)18-15(20)16-7-3-9-19(16)10-4-8-16;/h2,5-6,11-12H,3-4,7-10H2,1H3,(H,18,20);1H/t12-;/m1./s1. The molecule has 1 atom stereocenters. The van der Waals surface area contributed by atoms with E-state index in [0.29, 0.717) is 5.02 Å². The van der Waals surface area contributed by atoms with Crippen molar-refractivity contribution in [2.75, 3.05) is 13.1 Å². The van der Waals surface area contributed by atoms with Crippen molar-refractivity contribution in [1.82, 2.24) is 10.2 Å². The number of carbonyl (C=O) groups is 1. The van der Waals surface area contributed by atoms with Crippen molar-refractivity contribution < 1.29 is 4.79 Å². The number of nitrogens with zero attached hydrogens (tertiary/aromatic N) is 1. The van der Waals surface area contributed by atoms with E-state index < -0.39 is 0 Å². The van der Waals surface area contributed by atoms with E-state index in [1.54, 1.807) is 0 Å². The summed E-state index contributed by atoms with van der Waals surface area (Å²) in [6.07, 6.45) is 4.28. The third-order valence-corrected chi connectivity index (χ3v) is 5.00. The van der Waals surface area contributed by atoms with E-state index in [1.165, 1.54) is 0 Å². The molecule has 116 valence electrons.